The Morgan fingerprint density at radius 3 is 2.57 bits per heavy atom. The summed E-state index contributed by atoms with van der Waals surface area (Å²) in [6.07, 6.45) is 1.29. The van der Waals surface area contributed by atoms with Crippen molar-refractivity contribution in [3.8, 4) is 0 Å². The van der Waals surface area contributed by atoms with Gasteiger partial charge < -0.3 is 10.2 Å². The predicted molar refractivity (Wildman–Crippen MR) is 81.8 cm³/mol. The van der Waals surface area contributed by atoms with Gasteiger partial charge in [0.1, 0.15) is 6.20 Å². The molecule has 0 saturated carbocycles. The smallest absolute Gasteiger partial charge is 0.329 e. The van der Waals surface area contributed by atoms with E-state index in [0.717, 1.165) is 26.2 Å². The van der Waals surface area contributed by atoms with E-state index in [0.29, 0.717) is 24.4 Å². The largest absolute Gasteiger partial charge is 0.354 e. The van der Waals surface area contributed by atoms with Crippen molar-refractivity contribution in [1.82, 2.24) is 14.9 Å². The van der Waals surface area contributed by atoms with Gasteiger partial charge in [-0.3, -0.25) is 15.0 Å². The monoisotopic (exact) mass is 294 g/mol. The van der Waals surface area contributed by atoms with Crippen LogP contribution in [0.3, 0.4) is 0 Å². The molecule has 0 amide bonds. The summed E-state index contributed by atoms with van der Waals surface area (Å²) in [4.78, 5) is 23.4. The van der Waals surface area contributed by atoms with Crippen LogP contribution in [-0.4, -0.2) is 58.6 Å². The molecule has 0 unspecified atom stereocenters. The Hall–Kier alpha value is -1.96. The van der Waals surface area contributed by atoms with Gasteiger partial charge in [-0.15, -0.1) is 0 Å². The first-order valence-corrected chi connectivity index (χ1v) is 7.27. The van der Waals surface area contributed by atoms with Gasteiger partial charge in [0.25, 0.3) is 0 Å². The topological polar surface area (TPSA) is 87.4 Å². The minimum absolute atomic E-state index is 0.0327. The van der Waals surface area contributed by atoms with Crippen molar-refractivity contribution in [3.63, 3.8) is 0 Å². The van der Waals surface area contributed by atoms with Crippen molar-refractivity contribution in [2.24, 2.45) is 0 Å². The fourth-order valence-corrected chi connectivity index (χ4v) is 2.42. The second-order valence-electron chi connectivity index (χ2n) is 5.31. The van der Waals surface area contributed by atoms with Crippen LogP contribution in [0.25, 0.3) is 0 Å². The number of hydrogen-bond donors (Lipinski definition) is 1. The van der Waals surface area contributed by atoms with Crippen molar-refractivity contribution < 1.29 is 4.92 Å². The molecule has 8 heteroatoms. The lowest BCUT2D eigenvalue weighted by Crippen LogP contribution is -2.49. The third kappa shape index (κ3) is 3.57. The Morgan fingerprint density at radius 1 is 1.38 bits per heavy atom. The van der Waals surface area contributed by atoms with Gasteiger partial charge in [0.2, 0.25) is 11.8 Å². The van der Waals surface area contributed by atoms with Gasteiger partial charge >= 0.3 is 5.69 Å². The molecule has 116 valence electrons. The molecule has 0 radical (unpaired) electrons. The second kappa shape index (κ2) is 6.66. The average molecular weight is 294 g/mol. The first-order chi connectivity index (χ1) is 10.0. The molecule has 1 fully saturated rings. The number of anilines is 2. The molecule has 1 N–H and O–H groups in total. The maximum atomic E-state index is 11.2. The average Bonchev–Trinajstić information content (AvgIpc) is 2.47. The van der Waals surface area contributed by atoms with Gasteiger partial charge in [-0.05, 0) is 20.8 Å². The Morgan fingerprint density at radius 2 is 2.05 bits per heavy atom. The van der Waals surface area contributed by atoms with Crippen LogP contribution in [0, 0.1) is 10.1 Å². The van der Waals surface area contributed by atoms with Crippen LogP contribution in [0.15, 0.2) is 6.20 Å². The van der Waals surface area contributed by atoms with E-state index >= 15 is 0 Å². The Kier molecular flexibility index (Phi) is 4.89. The summed E-state index contributed by atoms with van der Waals surface area (Å²) >= 11 is 0. The third-order valence-electron chi connectivity index (χ3n) is 3.63. The molecular weight excluding hydrogens is 272 g/mol. The minimum atomic E-state index is -0.417. The van der Waals surface area contributed by atoms with Crippen molar-refractivity contribution in [2.75, 3.05) is 42.9 Å². The molecule has 1 aromatic heterocycles. The zero-order valence-electron chi connectivity index (χ0n) is 12.7. The number of piperazine rings is 1. The summed E-state index contributed by atoms with van der Waals surface area (Å²) in [5.74, 6) is 0.846. The molecule has 8 nitrogen and oxygen atoms in total. The fraction of sp³-hybridized carbons (Fsp3) is 0.692. The second-order valence-corrected chi connectivity index (χ2v) is 5.31. The molecule has 0 aromatic carbocycles. The first-order valence-electron chi connectivity index (χ1n) is 7.27. The SMILES string of the molecule is CCNc1ncc([N+](=O)[O-])c(N2CCN(C(C)C)CC2)n1. The predicted octanol–water partition coefficient (Wildman–Crippen LogP) is 1.35. The van der Waals surface area contributed by atoms with Crippen LogP contribution in [-0.2, 0) is 0 Å². The lowest BCUT2D eigenvalue weighted by atomic mass is 10.2. The van der Waals surface area contributed by atoms with E-state index in [-0.39, 0.29) is 5.69 Å². The van der Waals surface area contributed by atoms with Gasteiger partial charge in [-0.25, -0.2) is 4.98 Å². The zero-order chi connectivity index (χ0) is 15.4. The highest BCUT2D eigenvalue weighted by molar-refractivity contribution is 5.59. The van der Waals surface area contributed by atoms with Gasteiger partial charge in [0.15, 0.2) is 0 Å². The molecule has 0 atom stereocenters. The Bertz CT molecular complexity index is 499. The first kappa shape index (κ1) is 15.4. The van der Waals surface area contributed by atoms with Crippen LogP contribution in [0.4, 0.5) is 17.5 Å². The van der Waals surface area contributed by atoms with E-state index in [1.165, 1.54) is 6.20 Å². The number of nitro groups is 1. The molecule has 1 aliphatic heterocycles. The van der Waals surface area contributed by atoms with Crippen LogP contribution in [0.1, 0.15) is 20.8 Å². The van der Waals surface area contributed by atoms with Crippen LogP contribution >= 0.6 is 0 Å². The van der Waals surface area contributed by atoms with Crippen LogP contribution in [0.5, 0.6) is 0 Å². The number of hydrogen-bond acceptors (Lipinski definition) is 7. The van der Waals surface area contributed by atoms with E-state index in [1.807, 2.05) is 11.8 Å². The molecule has 21 heavy (non-hydrogen) atoms. The Labute approximate surface area is 124 Å². The molecule has 1 aromatic rings. The highest BCUT2D eigenvalue weighted by Gasteiger charge is 2.26. The summed E-state index contributed by atoms with van der Waals surface area (Å²) in [5.41, 5.74) is -0.0327. The molecule has 0 bridgehead atoms. The summed E-state index contributed by atoms with van der Waals surface area (Å²) in [5, 5.41) is 14.2. The van der Waals surface area contributed by atoms with E-state index in [9.17, 15) is 10.1 Å². The standard InChI is InChI=1S/C13H22N6O2/c1-4-14-13-15-9-11(19(20)21)12(16-13)18-7-5-17(6-8-18)10(2)3/h9-10H,4-8H2,1-3H3,(H,14,15,16). The number of nitrogens with one attached hydrogen (secondary N) is 1. The van der Waals surface area contributed by atoms with Gasteiger partial charge in [0.05, 0.1) is 4.92 Å². The number of rotatable bonds is 5. The summed E-state index contributed by atoms with van der Waals surface area (Å²) in [7, 11) is 0. The van der Waals surface area contributed by atoms with Gasteiger partial charge in [-0.2, -0.15) is 4.98 Å². The summed E-state index contributed by atoms with van der Waals surface area (Å²) in [6, 6.07) is 0.491. The maximum Gasteiger partial charge on any atom is 0.329 e. The van der Waals surface area contributed by atoms with E-state index in [4.69, 9.17) is 0 Å². The number of aromatic nitrogens is 2. The zero-order valence-corrected chi connectivity index (χ0v) is 12.7. The minimum Gasteiger partial charge on any atom is -0.354 e. The fourth-order valence-electron chi connectivity index (χ4n) is 2.42. The molecule has 0 spiro atoms. The normalized spacial score (nSPS) is 16.3. The highest BCUT2D eigenvalue weighted by atomic mass is 16.6. The van der Waals surface area contributed by atoms with E-state index in [2.05, 4.69) is 34.0 Å². The molecule has 2 rings (SSSR count). The molecular formula is C13H22N6O2. The number of nitrogens with zero attached hydrogens (tertiary/aromatic N) is 5. The van der Waals surface area contributed by atoms with Crippen molar-refractivity contribution >= 4 is 17.5 Å². The van der Waals surface area contributed by atoms with Gasteiger partial charge in [0, 0.05) is 38.8 Å². The highest BCUT2D eigenvalue weighted by Crippen LogP contribution is 2.27. The lowest BCUT2D eigenvalue weighted by Gasteiger charge is -2.37. The van der Waals surface area contributed by atoms with E-state index < -0.39 is 4.92 Å². The van der Waals surface area contributed by atoms with Crippen molar-refractivity contribution in [1.29, 1.82) is 0 Å². The molecule has 2 heterocycles. The molecule has 1 saturated heterocycles. The summed E-state index contributed by atoms with van der Waals surface area (Å²) < 4.78 is 0. The quantitative estimate of drug-likeness (QED) is 0.647. The van der Waals surface area contributed by atoms with Gasteiger partial charge in [-0.1, -0.05) is 0 Å². The van der Waals surface area contributed by atoms with Crippen molar-refractivity contribution in [3.05, 3.63) is 16.3 Å². The van der Waals surface area contributed by atoms with E-state index in [1.54, 1.807) is 0 Å². The third-order valence-corrected chi connectivity index (χ3v) is 3.63. The maximum absolute atomic E-state index is 11.2. The van der Waals surface area contributed by atoms with Crippen LogP contribution in [0.2, 0.25) is 0 Å². The van der Waals surface area contributed by atoms with Crippen LogP contribution < -0.4 is 10.2 Å². The lowest BCUT2D eigenvalue weighted by molar-refractivity contribution is -0.384. The Balaban J connectivity index is 2.21. The van der Waals surface area contributed by atoms with Crippen molar-refractivity contribution in [2.45, 2.75) is 26.8 Å². The molecule has 1 aliphatic rings. The molecule has 0 aliphatic carbocycles. The summed E-state index contributed by atoms with van der Waals surface area (Å²) in [6.45, 7) is 10.2.